The molecule has 33 heavy (non-hydrogen) atoms. The second kappa shape index (κ2) is 9.54. The van der Waals surface area contributed by atoms with Crippen LogP contribution in [0.1, 0.15) is 69.8 Å². The lowest BCUT2D eigenvalue weighted by atomic mass is 9.85. The molecule has 0 bridgehead atoms. The van der Waals surface area contributed by atoms with Crippen LogP contribution in [-0.2, 0) is 0 Å². The molecule has 3 aromatic rings. The summed E-state index contributed by atoms with van der Waals surface area (Å²) in [6, 6.07) is 12.5. The van der Waals surface area contributed by atoms with Crippen molar-refractivity contribution in [3.8, 4) is 0 Å². The number of benzene rings is 1. The quantitative estimate of drug-likeness (QED) is 0.512. The molecule has 8 nitrogen and oxygen atoms in total. The van der Waals surface area contributed by atoms with Crippen molar-refractivity contribution in [2.24, 2.45) is 5.92 Å². The SMILES string of the molecule is O=C(Nc1cccnc1)c1cccc([C@@H](NC(=O)c2cc(C3CC3)on2)C2CCNCC2)c1. The van der Waals surface area contributed by atoms with Crippen LogP contribution in [0, 0.1) is 5.92 Å². The number of rotatable bonds is 7. The van der Waals surface area contributed by atoms with Gasteiger partial charge in [0, 0.05) is 23.7 Å². The highest BCUT2D eigenvalue weighted by Gasteiger charge is 2.31. The molecule has 1 aromatic carbocycles. The number of nitrogens with zero attached hydrogens (tertiary/aromatic N) is 2. The number of hydrogen-bond donors (Lipinski definition) is 3. The molecule has 1 saturated carbocycles. The van der Waals surface area contributed by atoms with Gasteiger partial charge in [0.05, 0.1) is 17.9 Å². The van der Waals surface area contributed by atoms with Gasteiger partial charge in [-0.2, -0.15) is 0 Å². The lowest BCUT2D eigenvalue weighted by molar-refractivity contribution is 0.0904. The fourth-order valence-electron chi connectivity index (χ4n) is 4.34. The predicted molar refractivity (Wildman–Crippen MR) is 123 cm³/mol. The number of carbonyl (C=O) groups is 2. The maximum Gasteiger partial charge on any atom is 0.273 e. The number of pyridine rings is 1. The van der Waals surface area contributed by atoms with E-state index in [-0.39, 0.29) is 23.8 Å². The van der Waals surface area contributed by atoms with E-state index >= 15 is 0 Å². The van der Waals surface area contributed by atoms with E-state index < -0.39 is 0 Å². The predicted octanol–water partition coefficient (Wildman–Crippen LogP) is 3.67. The molecule has 0 unspecified atom stereocenters. The van der Waals surface area contributed by atoms with Gasteiger partial charge >= 0.3 is 0 Å². The van der Waals surface area contributed by atoms with Crippen LogP contribution < -0.4 is 16.0 Å². The summed E-state index contributed by atoms with van der Waals surface area (Å²) in [5, 5.41) is 13.4. The molecule has 2 aliphatic rings. The summed E-state index contributed by atoms with van der Waals surface area (Å²) in [5.41, 5.74) is 2.37. The second-order valence-corrected chi connectivity index (χ2v) is 8.75. The number of nitrogens with one attached hydrogen (secondary N) is 3. The summed E-state index contributed by atoms with van der Waals surface area (Å²) in [7, 11) is 0. The first-order valence-electron chi connectivity index (χ1n) is 11.5. The smallest absolute Gasteiger partial charge is 0.273 e. The first kappa shape index (κ1) is 21.3. The van der Waals surface area contributed by atoms with Gasteiger partial charge in [-0.15, -0.1) is 0 Å². The third kappa shape index (κ3) is 5.12. The Bertz CT molecular complexity index is 1120. The molecule has 0 spiro atoms. The van der Waals surface area contributed by atoms with Crippen LogP contribution in [0.3, 0.4) is 0 Å². The van der Waals surface area contributed by atoms with Crippen LogP contribution in [-0.4, -0.2) is 35.0 Å². The van der Waals surface area contributed by atoms with Crippen molar-refractivity contribution in [2.45, 2.75) is 37.6 Å². The topological polar surface area (TPSA) is 109 Å². The van der Waals surface area contributed by atoms with E-state index in [9.17, 15) is 9.59 Å². The lowest BCUT2D eigenvalue weighted by Crippen LogP contribution is -2.39. The van der Waals surface area contributed by atoms with Crippen LogP contribution in [0.15, 0.2) is 59.4 Å². The summed E-state index contributed by atoms with van der Waals surface area (Å²) < 4.78 is 5.37. The van der Waals surface area contributed by atoms with Crippen molar-refractivity contribution in [3.63, 3.8) is 0 Å². The standard InChI is InChI=1S/C25H27N5O3/c31-24(28-20-5-2-10-27-15-20)19-4-1-3-18(13-19)23(17-8-11-26-12-9-17)29-25(32)21-14-22(33-30-21)16-6-7-16/h1-5,10,13-17,23,26H,6-9,11-12H2,(H,28,31)(H,29,32)/t23-/m0/s1. The third-order valence-corrected chi connectivity index (χ3v) is 6.31. The van der Waals surface area contributed by atoms with Gasteiger partial charge in [-0.05, 0) is 74.5 Å². The van der Waals surface area contributed by atoms with E-state index in [2.05, 4.69) is 26.1 Å². The number of hydrogen-bond acceptors (Lipinski definition) is 6. The molecule has 1 atom stereocenters. The average molecular weight is 446 g/mol. The highest BCUT2D eigenvalue weighted by Crippen LogP contribution is 2.40. The van der Waals surface area contributed by atoms with Gasteiger partial charge in [-0.3, -0.25) is 14.6 Å². The monoisotopic (exact) mass is 445 g/mol. The van der Waals surface area contributed by atoms with Gasteiger partial charge in [0.1, 0.15) is 5.76 Å². The molecule has 2 aromatic heterocycles. The first-order chi connectivity index (χ1) is 16.2. The molecular weight excluding hydrogens is 418 g/mol. The van der Waals surface area contributed by atoms with Crippen LogP contribution >= 0.6 is 0 Å². The number of aromatic nitrogens is 2. The summed E-state index contributed by atoms with van der Waals surface area (Å²) in [5.74, 6) is 0.966. The number of carbonyl (C=O) groups excluding carboxylic acids is 2. The Labute approximate surface area is 192 Å². The molecule has 2 fully saturated rings. The fourth-order valence-corrected chi connectivity index (χ4v) is 4.34. The molecule has 0 radical (unpaired) electrons. The van der Waals surface area contributed by atoms with Gasteiger partial charge in [0.2, 0.25) is 0 Å². The Morgan fingerprint density at radius 2 is 1.88 bits per heavy atom. The summed E-state index contributed by atoms with van der Waals surface area (Å²) in [6.45, 7) is 1.79. The fraction of sp³-hybridized carbons (Fsp3) is 0.360. The normalized spacial score (nSPS) is 17.3. The van der Waals surface area contributed by atoms with Gasteiger partial charge in [-0.25, -0.2) is 0 Å². The zero-order valence-electron chi connectivity index (χ0n) is 18.3. The van der Waals surface area contributed by atoms with Crippen LogP contribution in [0.2, 0.25) is 0 Å². The van der Waals surface area contributed by atoms with E-state index in [0.717, 1.165) is 50.1 Å². The van der Waals surface area contributed by atoms with Gasteiger partial charge in [0.15, 0.2) is 5.69 Å². The molecule has 1 saturated heterocycles. The maximum atomic E-state index is 13.1. The van der Waals surface area contributed by atoms with Gasteiger partial charge in [0.25, 0.3) is 11.8 Å². The number of amides is 2. The van der Waals surface area contributed by atoms with Crippen molar-refractivity contribution < 1.29 is 14.1 Å². The second-order valence-electron chi connectivity index (χ2n) is 8.75. The van der Waals surface area contributed by atoms with E-state index in [0.29, 0.717) is 22.9 Å². The minimum atomic E-state index is -0.251. The Morgan fingerprint density at radius 1 is 1.03 bits per heavy atom. The van der Waals surface area contributed by atoms with E-state index in [4.69, 9.17) is 4.52 Å². The van der Waals surface area contributed by atoms with Crippen molar-refractivity contribution >= 4 is 17.5 Å². The molecule has 170 valence electrons. The zero-order chi connectivity index (χ0) is 22.6. The minimum Gasteiger partial charge on any atom is -0.360 e. The van der Waals surface area contributed by atoms with Crippen molar-refractivity contribution in [2.75, 3.05) is 18.4 Å². The van der Waals surface area contributed by atoms with Crippen LogP contribution in [0.4, 0.5) is 5.69 Å². The molecule has 1 aliphatic heterocycles. The van der Waals surface area contributed by atoms with E-state index in [1.54, 1.807) is 36.7 Å². The molecule has 1 aliphatic carbocycles. The van der Waals surface area contributed by atoms with Crippen LogP contribution in [0.25, 0.3) is 0 Å². The van der Waals surface area contributed by atoms with Crippen molar-refractivity contribution in [1.29, 1.82) is 0 Å². The lowest BCUT2D eigenvalue weighted by Gasteiger charge is -2.31. The molecular formula is C25H27N5O3. The molecule has 5 rings (SSSR count). The zero-order valence-corrected chi connectivity index (χ0v) is 18.3. The minimum absolute atomic E-state index is 0.217. The largest absolute Gasteiger partial charge is 0.360 e. The number of piperidine rings is 1. The van der Waals surface area contributed by atoms with Gasteiger partial charge in [-0.1, -0.05) is 17.3 Å². The highest BCUT2D eigenvalue weighted by atomic mass is 16.5. The van der Waals surface area contributed by atoms with Crippen LogP contribution in [0.5, 0.6) is 0 Å². The molecule has 3 heterocycles. The summed E-state index contributed by atoms with van der Waals surface area (Å²) >= 11 is 0. The maximum absolute atomic E-state index is 13.1. The molecule has 3 N–H and O–H groups in total. The molecule has 8 heteroatoms. The van der Waals surface area contributed by atoms with E-state index in [1.165, 1.54) is 0 Å². The highest BCUT2D eigenvalue weighted by molar-refractivity contribution is 6.04. The molecule has 2 amide bonds. The Hall–Kier alpha value is -3.52. The summed E-state index contributed by atoms with van der Waals surface area (Å²) in [4.78, 5) is 29.9. The third-order valence-electron chi connectivity index (χ3n) is 6.31. The average Bonchev–Trinajstić information content (AvgIpc) is 3.59. The summed E-state index contributed by atoms with van der Waals surface area (Å²) in [6.07, 6.45) is 7.30. The first-order valence-corrected chi connectivity index (χ1v) is 11.5. The van der Waals surface area contributed by atoms with Crippen molar-refractivity contribution in [3.05, 3.63) is 77.4 Å². The van der Waals surface area contributed by atoms with Gasteiger partial charge < -0.3 is 20.5 Å². The Kier molecular flexibility index (Phi) is 6.17. The van der Waals surface area contributed by atoms with Crippen molar-refractivity contribution in [1.82, 2.24) is 20.8 Å². The Morgan fingerprint density at radius 3 is 2.64 bits per heavy atom. The van der Waals surface area contributed by atoms with E-state index in [1.807, 2.05) is 18.2 Å². The Balaban J connectivity index is 1.37. The number of anilines is 1.